The van der Waals surface area contributed by atoms with Crippen LogP contribution < -0.4 is 9.47 Å². The van der Waals surface area contributed by atoms with Crippen LogP contribution in [-0.2, 0) is 0 Å². The first-order valence-electron chi connectivity index (χ1n) is 6.36. The number of ketones is 1. The van der Waals surface area contributed by atoms with Gasteiger partial charge < -0.3 is 9.47 Å². The maximum absolute atomic E-state index is 12.0. The normalized spacial score (nSPS) is 18.1. The molecule has 0 aromatic heterocycles. The van der Waals surface area contributed by atoms with Crippen LogP contribution in [0.1, 0.15) is 48.5 Å². The van der Waals surface area contributed by atoms with E-state index in [1.807, 2.05) is 12.1 Å². The molecule has 3 heteroatoms. The third-order valence-electron chi connectivity index (χ3n) is 3.48. The van der Waals surface area contributed by atoms with Crippen molar-refractivity contribution >= 4 is 5.78 Å². The van der Waals surface area contributed by atoms with Crippen molar-refractivity contribution in [2.75, 3.05) is 14.2 Å². The average molecular weight is 248 g/mol. The van der Waals surface area contributed by atoms with Gasteiger partial charge in [0.25, 0.3) is 0 Å². The summed E-state index contributed by atoms with van der Waals surface area (Å²) >= 11 is 0. The second-order valence-electron chi connectivity index (χ2n) is 5.25. The van der Waals surface area contributed by atoms with E-state index >= 15 is 0 Å². The zero-order chi connectivity index (χ0) is 13.3. The van der Waals surface area contributed by atoms with Crippen LogP contribution in [0.3, 0.4) is 0 Å². The molecule has 1 aliphatic carbocycles. The first kappa shape index (κ1) is 12.9. The largest absolute Gasteiger partial charge is 0.493 e. The number of hydrogen-bond acceptors (Lipinski definition) is 3. The molecule has 1 aromatic rings. The molecule has 0 saturated carbocycles. The molecule has 18 heavy (non-hydrogen) atoms. The molecular formula is C15H20O3. The molecule has 2 rings (SSSR count). The number of benzene rings is 1. The minimum Gasteiger partial charge on any atom is -0.493 e. The standard InChI is InChI=1S/C15H20O3/c1-9(2)5-10-6-13(16)12-8-15(18-4)14(17-3)7-11(10)12/h7-10H,5-6H2,1-4H3. The minimum absolute atomic E-state index is 0.219. The molecule has 1 aliphatic rings. The molecule has 1 unspecified atom stereocenters. The van der Waals surface area contributed by atoms with Gasteiger partial charge in [0.05, 0.1) is 14.2 Å². The van der Waals surface area contributed by atoms with Crippen molar-refractivity contribution in [1.29, 1.82) is 0 Å². The highest BCUT2D eigenvalue weighted by Crippen LogP contribution is 2.42. The van der Waals surface area contributed by atoms with Crippen molar-refractivity contribution in [3.63, 3.8) is 0 Å². The predicted molar refractivity (Wildman–Crippen MR) is 70.7 cm³/mol. The van der Waals surface area contributed by atoms with Crippen LogP contribution in [-0.4, -0.2) is 20.0 Å². The van der Waals surface area contributed by atoms with Gasteiger partial charge in [0, 0.05) is 12.0 Å². The van der Waals surface area contributed by atoms with Gasteiger partial charge >= 0.3 is 0 Å². The first-order chi connectivity index (χ1) is 8.56. The number of rotatable bonds is 4. The summed E-state index contributed by atoms with van der Waals surface area (Å²) < 4.78 is 10.6. The summed E-state index contributed by atoms with van der Waals surface area (Å²) in [5, 5.41) is 0. The fourth-order valence-electron chi connectivity index (χ4n) is 2.70. The Kier molecular flexibility index (Phi) is 3.60. The second kappa shape index (κ2) is 5.01. The van der Waals surface area contributed by atoms with E-state index in [-0.39, 0.29) is 5.78 Å². The lowest BCUT2D eigenvalue weighted by atomic mass is 9.92. The molecule has 1 atom stereocenters. The Morgan fingerprint density at radius 3 is 2.39 bits per heavy atom. The summed E-state index contributed by atoms with van der Waals surface area (Å²) in [6.45, 7) is 4.37. The minimum atomic E-state index is 0.219. The van der Waals surface area contributed by atoms with E-state index in [1.165, 1.54) is 0 Å². The Balaban J connectivity index is 2.43. The molecule has 0 radical (unpaired) electrons. The molecule has 0 amide bonds. The molecular weight excluding hydrogens is 228 g/mol. The third kappa shape index (κ3) is 2.22. The van der Waals surface area contributed by atoms with Crippen molar-refractivity contribution in [2.45, 2.75) is 32.6 Å². The Hall–Kier alpha value is -1.51. The predicted octanol–water partition coefficient (Wildman–Crippen LogP) is 3.42. The maximum atomic E-state index is 12.0. The number of carbonyl (C=O) groups excluding carboxylic acids is 1. The number of Topliss-reactive ketones (excluding diaryl/α,β-unsaturated/α-hetero) is 1. The molecule has 0 saturated heterocycles. The van der Waals surface area contributed by atoms with Crippen LogP contribution >= 0.6 is 0 Å². The Labute approximate surface area is 108 Å². The van der Waals surface area contributed by atoms with E-state index in [0.717, 1.165) is 17.5 Å². The van der Waals surface area contributed by atoms with Crippen molar-refractivity contribution in [2.24, 2.45) is 5.92 Å². The van der Waals surface area contributed by atoms with Gasteiger partial charge in [-0.15, -0.1) is 0 Å². The van der Waals surface area contributed by atoms with E-state index in [4.69, 9.17) is 9.47 Å². The summed E-state index contributed by atoms with van der Waals surface area (Å²) in [7, 11) is 3.22. The van der Waals surface area contributed by atoms with Crippen LogP contribution in [0, 0.1) is 5.92 Å². The fraction of sp³-hybridized carbons (Fsp3) is 0.533. The smallest absolute Gasteiger partial charge is 0.163 e. The van der Waals surface area contributed by atoms with Crippen LogP contribution in [0.5, 0.6) is 11.5 Å². The summed E-state index contributed by atoms with van der Waals surface area (Å²) in [5.41, 5.74) is 1.92. The van der Waals surface area contributed by atoms with Gasteiger partial charge in [0.2, 0.25) is 0 Å². The van der Waals surface area contributed by atoms with Crippen LogP contribution in [0.15, 0.2) is 12.1 Å². The number of ether oxygens (including phenoxy) is 2. The molecule has 0 bridgehead atoms. The quantitative estimate of drug-likeness (QED) is 0.819. The lowest BCUT2D eigenvalue weighted by Gasteiger charge is -2.15. The Morgan fingerprint density at radius 2 is 1.83 bits per heavy atom. The number of carbonyl (C=O) groups is 1. The molecule has 0 heterocycles. The lowest BCUT2D eigenvalue weighted by molar-refractivity contribution is 0.0987. The molecule has 0 fully saturated rings. The summed E-state index contributed by atoms with van der Waals surface area (Å²) in [6, 6.07) is 3.78. The number of fused-ring (bicyclic) bond motifs is 1. The lowest BCUT2D eigenvalue weighted by Crippen LogP contribution is -2.00. The van der Waals surface area contributed by atoms with Crippen LogP contribution in [0.2, 0.25) is 0 Å². The van der Waals surface area contributed by atoms with Gasteiger partial charge in [-0.1, -0.05) is 13.8 Å². The second-order valence-corrected chi connectivity index (χ2v) is 5.25. The van der Waals surface area contributed by atoms with Crippen molar-refractivity contribution in [3.8, 4) is 11.5 Å². The highest BCUT2D eigenvalue weighted by molar-refractivity contribution is 6.02. The van der Waals surface area contributed by atoms with Gasteiger partial charge in [-0.2, -0.15) is 0 Å². The average Bonchev–Trinajstić information content (AvgIpc) is 2.63. The van der Waals surface area contributed by atoms with E-state index in [2.05, 4.69) is 13.8 Å². The SMILES string of the molecule is COc1cc2c(cc1OC)C(CC(C)C)CC2=O. The molecule has 98 valence electrons. The van der Waals surface area contributed by atoms with Crippen molar-refractivity contribution in [3.05, 3.63) is 23.3 Å². The van der Waals surface area contributed by atoms with E-state index in [1.54, 1.807) is 14.2 Å². The molecule has 3 nitrogen and oxygen atoms in total. The third-order valence-corrected chi connectivity index (χ3v) is 3.48. The molecule has 0 spiro atoms. The number of methoxy groups -OCH3 is 2. The summed E-state index contributed by atoms with van der Waals surface area (Å²) in [4.78, 5) is 12.0. The van der Waals surface area contributed by atoms with Crippen molar-refractivity contribution in [1.82, 2.24) is 0 Å². The van der Waals surface area contributed by atoms with E-state index < -0.39 is 0 Å². The molecule has 0 aliphatic heterocycles. The van der Waals surface area contributed by atoms with E-state index in [0.29, 0.717) is 29.8 Å². The Bertz CT molecular complexity index is 463. The van der Waals surface area contributed by atoms with Crippen LogP contribution in [0.25, 0.3) is 0 Å². The van der Waals surface area contributed by atoms with Gasteiger partial charge in [0.1, 0.15) is 0 Å². The first-order valence-corrected chi connectivity index (χ1v) is 6.36. The topological polar surface area (TPSA) is 35.5 Å². The molecule has 0 N–H and O–H groups in total. The van der Waals surface area contributed by atoms with Gasteiger partial charge in [-0.05, 0) is 36.0 Å². The van der Waals surface area contributed by atoms with E-state index in [9.17, 15) is 4.79 Å². The Morgan fingerprint density at radius 1 is 1.22 bits per heavy atom. The fourth-order valence-corrected chi connectivity index (χ4v) is 2.70. The highest BCUT2D eigenvalue weighted by atomic mass is 16.5. The molecule has 1 aromatic carbocycles. The number of hydrogen-bond donors (Lipinski definition) is 0. The van der Waals surface area contributed by atoms with Crippen molar-refractivity contribution < 1.29 is 14.3 Å². The zero-order valence-corrected chi connectivity index (χ0v) is 11.4. The van der Waals surface area contributed by atoms with Gasteiger partial charge in [-0.3, -0.25) is 4.79 Å². The maximum Gasteiger partial charge on any atom is 0.163 e. The zero-order valence-electron chi connectivity index (χ0n) is 11.4. The summed E-state index contributed by atoms with van der Waals surface area (Å²) in [5.74, 6) is 2.47. The van der Waals surface area contributed by atoms with Crippen LogP contribution in [0.4, 0.5) is 0 Å². The van der Waals surface area contributed by atoms with Gasteiger partial charge in [0.15, 0.2) is 17.3 Å². The summed E-state index contributed by atoms with van der Waals surface area (Å²) in [6.07, 6.45) is 1.65. The highest BCUT2D eigenvalue weighted by Gasteiger charge is 2.31. The van der Waals surface area contributed by atoms with Gasteiger partial charge in [-0.25, -0.2) is 0 Å². The monoisotopic (exact) mass is 248 g/mol.